The number of fused-ring (bicyclic) bond motifs is 1. The molecule has 1 aliphatic heterocycles. The minimum absolute atomic E-state index is 0.0995. The van der Waals surface area contributed by atoms with E-state index in [1.54, 1.807) is 30.5 Å². The number of anilines is 3. The van der Waals surface area contributed by atoms with E-state index >= 15 is 4.39 Å². The molecular weight excluding hydrogens is 498 g/mol. The molecule has 192 valence electrons. The van der Waals surface area contributed by atoms with Crippen LogP contribution < -0.4 is 15.4 Å². The third-order valence-corrected chi connectivity index (χ3v) is 7.13. The quantitative estimate of drug-likeness (QED) is 0.327. The van der Waals surface area contributed by atoms with Gasteiger partial charge in [-0.25, -0.2) is 24.1 Å². The van der Waals surface area contributed by atoms with Crippen LogP contribution in [0, 0.1) is 5.82 Å². The van der Waals surface area contributed by atoms with Crippen LogP contribution >= 0.6 is 0 Å². The normalized spacial score (nSPS) is 14.6. The smallest absolute Gasteiger partial charge is 0.163 e. The van der Waals surface area contributed by atoms with Crippen molar-refractivity contribution in [1.29, 1.82) is 0 Å². The first-order valence-corrected chi connectivity index (χ1v) is 13.2. The Morgan fingerprint density at radius 2 is 1.89 bits per heavy atom. The maximum atomic E-state index is 15.5. The second-order valence-corrected chi connectivity index (χ2v) is 9.84. The van der Waals surface area contributed by atoms with Crippen LogP contribution in [0.15, 0.2) is 54.7 Å². The van der Waals surface area contributed by atoms with Crippen LogP contribution in [-0.2, 0) is 16.1 Å². The zero-order chi connectivity index (χ0) is 25.8. The van der Waals surface area contributed by atoms with Crippen LogP contribution in [0.25, 0.3) is 33.4 Å². The number of hydrogen-bond donors (Lipinski definition) is 2. The van der Waals surface area contributed by atoms with Gasteiger partial charge in [0.05, 0.1) is 36.8 Å². The van der Waals surface area contributed by atoms with Crippen LogP contribution in [0.4, 0.5) is 26.1 Å². The number of halogens is 2. The first-order chi connectivity index (χ1) is 18.0. The van der Waals surface area contributed by atoms with E-state index in [0.717, 1.165) is 16.8 Å². The van der Waals surface area contributed by atoms with Gasteiger partial charge >= 0.3 is 0 Å². The number of nitrogens with one attached hydrogen (secondary N) is 1. The number of hydrogen-bond acceptors (Lipinski definition) is 8. The number of pyridine rings is 1. The fourth-order valence-electron chi connectivity index (χ4n) is 4.16. The second kappa shape index (κ2) is 11.2. The summed E-state index contributed by atoms with van der Waals surface area (Å²) in [5.41, 5.74) is 8.26. The molecule has 0 saturated carbocycles. The summed E-state index contributed by atoms with van der Waals surface area (Å²) in [5, 5.41) is 0.774. The molecule has 11 heteroatoms. The molecule has 8 nitrogen and oxygen atoms in total. The Labute approximate surface area is 216 Å². The third kappa shape index (κ3) is 5.58. The molecule has 4 aromatic rings. The lowest BCUT2D eigenvalue weighted by Crippen LogP contribution is -2.37. The lowest BCUT2D eigenvalue weighted by atomic mass is 10.0. The average molecular weight is 525 g/mol. The van der Waals surface area contributed by atoms with Gasteiger partial charge in [0.15, 0.2) is 11.6 Å². The Morgan fingerprint density at radius 1 is 1.08 bits per heavy atom. The van der Waals surface area contributed by atoms with E-state index in [9.17, 15) is 8.94 Å². The van der Waals surface area contributed by atoms with Crippen molar-refractivity contribution >= 4 is 39.6 Å². The number of aromatic nitrogens is 3. The second-order valence-electron chi connectivity index (χ2n) is 8.54. The number of rotatable bonds is 8. The van der Waals surface area contributed by atoms with Crippen LogP contribution in [0.1, 0.15) is 6.42 Å². The number of benzene rings is 2. The SMILES string of the molecule is Nc1ccc(-c2nc(N3CCOCC3)c3cc(-c4cccc(N[S+]([O-])CCCF)c4F)ccc3n2)cn1. The molecular formula is C26H26F2N6O2S. The van der Waals surface area contributed by atoms with E-state index in [2.05, 4.69) is 14.6 Å². The van der Waals surface area contributed by atoms with E-state index in [0.29, 0.717) is 54.6 Å². The molecule has 0 bridgehead atoms. The molecule has 1 unspecified atom stereocenters. The summed E-state index contributed by atoms with van der Waals surface area (Å²) in [6, 6.07) is 13.9. The maximum Gasteiger partial charge on any atom is 0.163 e. The fraction of sp³-hybridized carbons (Fsp3) is 0.269. The number of morpholine rings is 1. The van der Waals surface area contributed by atoms with E-state index in [4.69, 9.17) is 20.4 Å². The first kappa shape index (κ1) is 25.1. The minimum atomic E-state index is -1.58. The number of alkyl halides is 1. The van der Waals surface area contributed by atoms with Gasteiger partial charge in [0.25, 0.3) is 0 Å². The Hall–Kier alpha value is -3.54. The van der Waals surface area contributed by atoms with Crippen molar-refractivity contribution in [3.8, 4) is 22.5 Å². The summed E-state index contributed by atoms with van der Waals surface area (Å²) in [6.45, 7) is 1.90. The van der Waals surface area contributed by atoms with Crippen molar-refractivity contribution in [2.75, 3.05) is 54.1 Å². The van der Waals surface area contributed by atoms with Gasteiger partial charge in [0.2, 0.25) is 0 Å². The topological polar surface area (TPSA) is 112 Å². The number of nitrogens with two attached hydrogens (primary N) is 1. The molecule has 3 heterocycles. The highest BCUT2D eigenvalue weighted by Crippen LogP contribution is 2.34. The largest absolute Gasteiger partial charge is 0.593 e. The summed E-state index contributed by atoms with van der Waals surface area (Å²) in [7, 11) is 0. The Kier molecular flexibility index (Phi) is 7.63. The lowest BCUT2D eigenvalue weighted by molar-refractivity contribution is 0.122. The predicted molar refractivity (Wildman–Crippen MR) is 143 cm³/mol. The molecule has 1 atom stereocenters. The molecule has 2 aromatic heterocycles. The van der Waals surface area contributed by atoms with Crippen molar-refractivity contribution in [2.45, 2.75) is 6.42 Å². The maximum absolute atomic E-state index is 15.5. The first-order valence-electron chi connectivity index (χ1n) is 11.9. The van der Waals surface area contributed by atoms with Crippen molar-refractivity contribution < 1.29 is 18.1 Å². The Balaban J connectivity index is 1.57. The molecule has 1 saturated heterocycles. The molecule has 3 N–H and O–H groups in total. The summed E-state index contributed by atoms with van der Waals surface area (Å²) >= 11 is -1.58. The number of nitrogens with zero attached hydrogens (tertiary/aromatic N) is 4. The predicted octanol–water partition coefficient (Wildman–Crippen LogP) is 4.35. The minimum Gasteiger partial charge on any atom is -0.593 e. The average Bonchev–Trinajstić information content (AvgIpc) is 2.93. The summed E-state index contributed by atoms with van der Waals surface area (Å²) in [4.78, 5) is 15.9. The Morgan fingerprint density at radius 3 is 2.65 bits per heavy atom. The number of ether oxygens (including phenoxy) is 1. The van der Waals surface area contributed by atoms with Gasteiger partial charge in [-0.1, -0.05) is 18.2 Å². The standard InChI is InChI=1S/C26H26F2N6O2S/c27-9-2-14-37(35)33-22-4-1-3-19(24(22)28)17-5-7-21-20(15-17)26(34-10-12-36-13-11-34)32-25(31-21)18-6-8-23(29)30-16-18/h1,3-8,15-16,33H,2,9-14H2,(H2,29,30). The van der Waals surface area contributed by atoms with Crippen LogP contribution in [0.3, 0.4) is 0 Å². The van der Waals surface area contributed by atoms with Crippen molar-refractivity contribution in [2.24, 2.45) is 0 Å². The van der Waals surface area contributed by atoms with Crippen LogP contribution in [0.2, 0.25) is 0 Å². The van der Waals surface area contributed by atoms with Crippen molar-refractivity contribution in [1.82, 2.24) is 15.0 Å². The third-order valence-electron chi connectivity index (χ3n) is 6.03. The van der Waals surface area contributed by atoms with E-state index in [-0.39, 0.29) is 17.9 Å². The van der Waals surface area contributed by atoms with E-state index < -0.39 is 23.9 Å². The highest BCUT2D eigenvalue weighted by molar-refractivity contribution is 7.92. The molecule has 0 spiro atoms. The zero-order valence-corrected chi connectivity index (χ0v) is 20.8. The molecule has 0 aliphatic carbocycles. The van der Waals surface area contributed by atoms with Crippen LogP contribution in [0.5, 0.6) is 0 Å². The summed E-state index contributed by atoms with van der Waals surface area (Å²) < 4.78 is 48.2. The molecule has 37 heavy (non-hydrogen) atoms. The van der Waals surface area contributed by atoms with Gasteiger partial charge in [-0.2, -0.15) is 0 Å². The molecule has 1 aliphatic rings. The molecule has 0 radical (unpaired) electrons. The Bertz CT molecular complexity index is 1390. The molecule has 5 rings (SSSR count). The van der Waals surface area contributed by atoms with E-state index in [1.165, 1.54) is 6.07 Å². The monoisotopic (exact) mass is 524 g/mol. The van der Waals surface area contributed by atoms with Crippen LogP contribution in [-0.4, -0.2) is 58.2 Å². The fourth-order valence-corrected chi connectivity index (χ4v) is 5.03. The van der Waals surface area contributed by atoms with E-state index in [1.807, 2.05) is 18.2 Å². The molecule has 2 aromatic carbocycles. The van der Waals surface area contributed by atoms with Gasteiger partial charge in [0, 0.05) is 42.2 Å². The van der Waals surface area contributed by atoms with Crippen molar-refractivity contribution in [3.05, 3.63) is 60.5 Å². The lowest BCUT2D eigenvalue weighted by Gasteiger charge is -2.29. The molecule has 1 fully saturated rings. The van der Waals surface area contributed by atoms with Gasteiger partial charge in [-0.15, -0.1) is 0 Å². The van der Waals surface area contributed by atoms with Gasteiger partial charge < -0.3 is 19.9 Å². The van der Waals surface area contributed by atoms with Gasteiger partial charge in [0.1, 0.15) is 23.1 Å². The number of nitrogen functional groups attached to an aromatic ring is 1. The summed E-state index contributed by atoms with van der Waals surface area (Å²) in [5.74, 6) is 1.22. The zero-order valence-electron chi connectivity index (χ0n) is 20.0. The molecule has 0 amide bonds. The highest BCUT2D eigenvalue weighted by atomic mass is 32.2. The summed E-state index contributed by atoms with van der Waals surface area (Å²) in [6.07, 6.45) is 1.78. The van der Waals surface area contributed by atoms with Gasteiger partial charge in [-0.05, 0) is 35.9 Å². The van der Waals surface area contributed by atoms with Crippen molar-refractivity contribution in [3.63, 3.8) is 0 Å². The van der Waals surface area contributed by atoms with Gasteiger partial charge in [-0.3, -0.25) is 4.39 Å². The highest BCUT2D eigenvalue weighted by Gasteiger charge is 2.20.